The molecule has 3 aromatic heterocycles. The molecule has 0 aliphatic rings. The molecule has 0 saturated carbocycles. The molecular formula is C15H10ClN7O. The fourth-order valence-corrected chi connectivity index (χ4v) is 2.29. The van der Waals surface area contributed by atoms with Crippen molar-refractivity contribution in [1.29, 1.82) is 0 Å². The van der Waals surface area contributed by atoms with Gasteiger partial charge in [-0.25, -0.2) is 14.2 Å². The summed E-state index contributed by atoms with van der Waals surface area (Å²) >= 11 is 5.85. The Balaban J connectivity index is 1.53. The molecule has 0 aliphatic heterocycles. The topological polar surface area (TPSA) is 90.0 Å². The molecule has 4 rings (SSSR count). The van der Waals surface area contributed by atoms with E-state index < -0.39 is 5.91 Å². The molecule has 0 atom stereocenters. The first-order chi connectivity index (χ1) is 11.7. The summed E-state index contributed by atoms with van der Waals surface area (Å²) in [6.45, 7) is 0. The van der Waals surface area contributed by atoms with E-state index in [1.807, 2.05) is 12.1 Å². The zero-order chi connectivity index (χ0) is 16.5. The molecule has 1 N–H and O–H groups in total. The molecule has 8 nitrogen and oxygen atoms in total. The average molecular weight is 340 g/mol. The molecule has 4 aromatic rings. The first-order valence-electron chi connectivity index (χ1n) is 6.98. The average Bonchev–Trinajstić information content (AvgIpc) is 3.21. The van der Waals surface area contributed by atoms with E-state index in [0.717, 1.165) is 5.69 Å². The second-order valence-electron chi connectivity index (χ2n) is 4.90. The van der Waals surface area contributed by atoms with E-state index in [1.54, 1.807) is 47.7 Å². The van der Waals surface area contributed by atoms with Crippen molar-refractivity contribution < 1.29 is 4.79 Å². The summed E-state index contributed by atoms with van der Waals surface area (Å²) in [7, 11) is 0. The fraction of sp³-hybridized carbons (Fsp3) is 0. The van der Waals surface area contributed by atoms with Crippen molar-refractivity contribution in [3.05, 3.63) is 66.0 Å². The number of hydrogen-bond acceptors (Lipinski definition) is 5. The zero-order valence-corrected chi connectivity index (χ0v) is 12.9. The van der Waals surface area contributed by atoms with Crippen LogP contribution in [-0.2, 0) is 0 Å². The lowest BCUT2D eigenvalue weighted by Gasteiger charge is -2.05. The summed E-state index contributed by atoms with van der Waals surface area (Å²) in [5.41, 5.74) is 1.45. The number of nitrogens with zero attached hydrogens (tertiary/aromatic N) is 6. The monoisotopic (exact) mass is 339 g/mol. The van der Waals surface area contributed by atoms with Gasteiger partial charge in [0.05, 0.1) is 16.9 Å². The highest BCUT2D eigenvalue weighted by Crippen LogP contribution is 2.15. The second-order valence-corrected chi connectivity index (χ2v) is 5.34. The van der Waals surface area contributed by atoms with Gasteiger partial charge in [0.2, 0.25) is 5.82 Å². The molecule has 9 heteroatoms. The molecule has 1 aromatic carbocycles. The van der Waals surface area contributed by atoms with Crippen molar-refractivity contribution in [3.63, 3.8) is 0 Å². The second kappa shape index (κ2) is 5.74. The Labute approximate surface area is 140 Å². The Morgan fingerprint density at radius 1 is 1.21 bits per heavy atom. The van der Waals surface area contributed by atoms with Crippen LogP contribution in [0.2, 0.25) is 5.02 Å². The summed E-state index contributed by atoms with van der Waals surface area (Å²) in [5, 5.41) is 11.5. The van der Waals surface area contributed by atoms with Crippen LogP contribution in [0.1, 0.15) is 10.6 Å². The lowest BCUT2D eigenvalue weighted by molar-refractivity contribution is 0.101. The zero-order valence-electron chi connectivity index (χ0n) is 12.2. The third-order valence-corrected chi connectivity index (χ3v) is 3.46. The van der Waals surface area contributed by atoms with Crippen LogP contribution in [-0.4, -0.2) is 35.3 Å². The van der Waals surface area contributed by atoms with E-state index in [2.05, 4.69) is 25.5 Å². The number of fused-ring (bicyclic) bond motifs is 1. The maximum Gasteiger partial charge on any atom is 0.295 e. The number of nitrogens with one attached hydrogen (secondary N) is 1. The molecular weight excluding hydrogens is 330 g/mol. The highest BCUT2D eigenvalue weighted by molar-refractivity contribution is 6.30. The van der Waals surface area contributed by atoms with Gasteiger partial charge in [0.15, 0.2) is 0 Å². The number of rotatable bonds is 3. The largest absolute Gasteiger partial charge is 0.319 e. The van der Waals surface area contributed by atoms with Crippen LogP contribution >= 0.6 is 11.6 Å². The molecule has 118 valence electrons. The normalized spacial score (nSPS) is 10.9. The Bertz CT molecular complexity index is 989. The third kappa shape index (κ3) is 2.70. The summed E-state index contributed by atoms with van der Waals surface area (Å²) < 4.78 is 3.09. The van der Waals surface area contributed by atoms with Crippen molar-refractivity contribution in [2.45, 2.75) is 0 Å². The van der Waals surface area contributed by atoms with Gasteiger partial charge in [-0.2, -0.15) is 10.1 Å². The quantitative estimate of drug-likeness (QED) is 0.618. The highest BCUT2D eigenvalue weighted by Gasteiger charge is 2.13. The number of carbonyl (C=O) groups excluding carboxylic acids is 1. The van der Waals surface area contributed by atoms with Crippen LogP contribution in [0, 0.1) is 0 Å². The minimum Gasteiger partial charge on any atom is -0.319 e. The van der Waals surface area contributed by atoms with Gasteiger partial charge in [0.25, 0.3) is 11.7 Å². The molecule has 0 spiro atoms. The molecule has 0 radical (unpaired) electrons. The Hall–Kier alpha value is -3.26. The number of benzene rings is 1. The standard InChI is InChI=1S/C15H10ClN7O/c16-10-8-18-23(9-10)12-4-2-11(3-5-12)19-14(24)13-20-15-17-6-1-7-22(15)21-13/h1-9H,(H,19,24). The predicted octanol–water partition coefficient (Wildman–Crippen LogP) is 2.22. The maximum absolute atomic E-state index is 12.2. The number of aromatic nitrogens is 6. The van der Waals surface area contributed by atoms with Gasteiger partial charge in [0, 0.05) is 24.3 Å². The van der Waals surface area contributed by atoms with Crippen molar-refractivity contribution in [3.8, 4) is 5.69 Å². The van der Waals surface area contributed by atoms with Crippen LogP contribution in [0.15, 0.2) is 55.1 Å². The van der Waals surface area contributed by atoms with Gasteiger partial charge in [-0.15, -0.1) is 5.10 Å². The minimum atomic E-state index is -0.407. The highest BCUT2D eigenvalue weighted by atomic mass is 35.5. The summed E-state index contributed by atoms with van der Waals surface area (Å²) in [5.74, 6) is 0.0144. The minimum absolute atomic E-state index is 0.0524. The van der Waals surface area contributed by atoms with E-state index in [1.165, 1.54) is 4.52 Å². The number of hydrogen-bond donors (Lipinski definition) is 1. The molecule has 0 fully saturated rings. The van der Waals surface area contributed by atoms with Gasteiger partial charge >= 0.3 is 0 Å². The summed E-state index contributed by atoms with van der Waals surface area (Å²) in [6, 6.07) is 8.87. The molecule has 0 saturated heterocycles. The smallest absolute Gasteiger partial charge is 0.295 e. The molecule has 3 heterocycles. The number of amides is 1. The maximum atomic E-state index is 12.2. The number of halogens is 1. The number of anilines is 1. The van der Waals surface area contributed by atoms with Gasteiger partial charge in [-0.3, -0.25) is 4.79 Å². The molecule has 0 unspecified atom stereocenters. The van der Waals surface area contributed by atoms with Crippen LogP contribution < -0.4 is 5.32 Å². The summed E-state index contributed by atoms with van der Waals surface area (Å²) in [4.78, 5) is 20.3. The molecule has 1 amide bonds. The first kappa shape index (κ1) is 14.3. The van der Waals surface area contributed by atoms with Crippen LogP contribution in [0.5, 0.6) is 0 Å². The molecule has 24 heavy (non-hydrogen) atoms. The van der Waals surface area contributed by atoms with Gasteiger partial charge in [-0.1, -0.05) is 11.6 Å². The number of carbonyl (C=O) groups is 1. The first-order valence-corrected chi connectivity index (χ1v) is 7.36. The molecule has 0 bridgehead atoms. The SMILES string of the molecule is O=C(Nc1ccc(-n2cc(Cl)cn2)cc1)c1nc2ncccn2n1. The third-order valence-electron chi connectivity index (χ3n) is 3.26. The van der Waals surface area contributed by atoms with E-state index in [0.29, 0.717) is 16.5 Å². The molecule has 0 aliphatic carbocycles. The van der Waals surface area contributed by atoms with Gasteiger partial charge in [-0.05, 0) is 30.3 Å². The van der Waals surface area contributed by atoms with E-state index >= 15 is 0 Å². The Morgan fingerprint density at radius 2 is 2.04 bits per heavy atom. The van der Waals surface area contributed by atoms with Crippen LogP contribution in [0.4, 0.5) is 5.69 Å². The van der Waals surface area contributed by atoms with E-state index in [4.69, 9.17) is 11.6 Å². The van der Waals surface area contributed by atoms with Crippen LogP contribution in [0.25, 0.3) is 11.5 Å². The van der Waals surface area contributed by atoms with Gasteiger partial charge in [0.1, 0.15) is 0 Å². The van der Waals surface area contributed by atoms with E-state index in [-0.39, 0.29) is 5.82 Å². The Morgan fingerprint density at radius 3 is 2.75 bits per heavy atom. The fourth-order valence-electron chi connectivity index (χ4n) is 2.16. The van der Waals surface area contributed by atoms with Crippen molar-refractivity contribution in [2.75, 3.05) is 5.32 Å². The van der Waals surface area contributed by atoms with Crippen molar-refractivity contribution >= 4 is 29.0 Å². The van der Waals surface area contributed by atoms with E-state index in [9.17, 15) is 4.79 Å². The Kier molecular flexibility index (Phi) is 3.43. The predicted molar refractivity (Wildman–Crippen MR) is 87.3 cm³/mol. The van der Waals surface area contributed by atoms with Gasteiger partial charge < -0.3 is 5.32 Å². The van der Waals surface area contributed by atoms with Crippen LogP contribution in [0.3, 0.4) is 0 Å². The summed E-state index contributed by atoms with van der Waals surface area (Å²) in [6.07, 6.45) is 6.52. The lowest BCUT2D eigenvalue weighted by atomic mass is 10.3. The van der Waals surface area contributed by atoms with Crippen molar-refractivity contribution in [2.24, 2.45) is 0 Å². The lowest BCUT2D eigenvalue weighted by Crippen LogP contribution is -2.14. The van der Waals surface area contributed by atoms with Crippen molar-refractivity contribution in [1.82, 2.24) is 29.4 Å².